The minimum Gasteiger partial charge on any atom is -0.466 e. The largest absolute Gasteiger partial charge is 0.466 e. The first kappa shape index (κ1) is 19.9. The molecule has 0 rings (SSSR count). The second-order valence-corrected chi connectivity index (χ2v) is 4.79. The highest BCUT2D eigenvalue weighted by molar-refractivity contribution is 5.69. The third-order valence-electron chi connectivity index (χ3n) is 2.65. The van der Waals surface area contributed by atoms with Gasteiger partial charge in [0.2, 0.25) is 0 Å². The van der Waals surface area contributed by atoms with E-state index < -0.39 is 0 Å². The highest BCUT2D eigenvalue weighted by Crippen LogP contribution is 1.88. The van der Waals surface area contributed by atoms with E-state index >= 15 is 0 Å². The van der Waals surface area contributed by atoms with E-state index in [-0.39, 0.29) is 11.9 Å². The van der Waals surface area contributed by atoms with Crippen molar-refractivity contribution in [2.45, 2.75) is 46.0 Å². The van der Waals surface area contributed by atoms with Gasteiger partial charge in [-0.05, 0) is 32.4 Å². The molecule has 124 valence electrons. The average molecular weight is 302 g/mol. The van der Waals surface area contributed by atoms with Crippen LogP contribution < -0.4 is 10.6 Å². The number of carbonyl (C=O) groups excluding carboxylic acids is 2. The van der Waals surface area contributed by atoms with Crippen molar-refractivity contribution in [3.05, 3.63) is 0 Å². The van der Waals surface area contributed by atoms with Crippen LogP contribution in [0.1, 0.15) is 46.0 Å². The molecule has 0 unspecified atom stereocenters. The maximum Gasteiger partial charge on any atom is 0.307 e. The Morgan fingerprint density at radius 3 is 1.57 bits per heavy atom. The molecule has 0 saturated carbocycles. The maximum absolute atomic E-state index is 11.2. The number of hydrogen-bond donors (Lipinski definition) is 2. The van der Waals surface area contributed by atoms with Crippen LogP contribution in [0.25, 0.3) is 0 Å². The van der Waals surface area contributed by atoms with Crippen LogP contribution in [0.4, 0.5) is 0 Å². The molecule has 0 aromatic rings. The fourth-order valence-corrected chi connectivity index (χ4v) is 1.55. The summed E-state index contributed by atoms with van der Waals surface area (Å²) >= 11 is 0. The lowest BCUT2D eigenvalue weighted by molar-refractivity contribution is -0.144. The van der Waals surface area contributed by atoms with Crippen molar-refractivity contribution in [1.82, 2.24) is 10.6 Å². The van der Waals surface area contributed by atoms with Gasteiger partial charge in [-0.25, -0.2) is 0 Å². The van der Waals surface area contributed by atoms with E-state index in [0.717, 1.165) is 32.4 Å². The molecule has 0 aromatic carbocycles. The molecule has 0 aliphatic carbocycles. The van der Waals surface area contributed by atoms with Crippen LogP contribution in [-0.2, 0) is 19.1 Å². The van der Waals surface area contributed by atoms with Gasteiger partial charge in [0.15, 0.2) is 0 Å². The third-order valence-corrected chi connectivity index (χ3v) is 2.65. The molecule has 0 spiro atoms. The number of hydrogen-bond acceptors (Lipinski definition) is 6. The first-order valence-electron chi connectivity index (χ1n) is 7.93. The summed E-state index contributed by atoms with van der Waals surface area (Å²) in [4.78, 5) is 22.4. The van der Waals surface area contributed by atoms with E-state index in [0.29, 0.717) is 39.1 Å². The summed E-state index contributed by atoms with van der Waals surface area (Å²) in [6.45, 7) is 7.93. The number of ether oxygens (including phenoxy) is 2. The lowest BCUT2D eigenvalue weighted by atomic mass is 10.3. The van der Waals surface area contributed by atoms with Gasteiger partial charge >= 0.3 is 11.9 Å². The number of carbonyl (C=O) groups is 2. The average Bonchev–Trinajstić information content (AvgIpc) is 2.49. The fourth-order valence-electron chi connectivity index (χ4n) is 1.55. The van der Waals surface area contributed by atoms with E-state index in [2.05, 4.69) is 10.6 Å². The van der Waals surface area contributed by atoms with Gasteiger partial charge in [0.05, 0.1) is 26.1 Å². The van der Waals surface area contributed by atoms with E-state index in [9.17, 15) is 9.59 Å². The Kier molecular flexibility index (Phi) is 14.4. The van der Waals surface area contributed by atoms with Crippen LogP contribution in [0.3, 0.4) is 0 Å². The summed E-state index contributed by atoms with van der Waals surface area (Å²) < 4.78 is 9.93. The molecule has 0 bridgehead atoms. The predicted molar refractivity (Wildman–Crippen MR) is 82.1 cm³/mol. The van der Waals surface area contributed by atoms with Crippen molar-refractivity contribution in [2.75, 3.05) is 39.4 Å². The Morgan fingerprint density at radius 1 is 0.762 bits per heavy atom. The Balaban J connectivity index is 3.19. The van der Waals surface area contributed by atoms with E-state index in [4.69, 9.17) is 9.47 Å². The Hall–Kier alpha value is -1.14. The number of nitrogens with one attached hydrogen (secondary N) is 2. The molecule has 0 amide bonds. The second kappa shape index (κ2) is 15.3. The lowest BCUT2D eigenvalue weighted by Gasteiger charge is -2.07. The molecule has 2 N–H and O–H groups in total. The van der Waals surface area contributed by atoms with Crippen molar-refractivity contribution < 1.29 is 19.1 Å². The van der Waals surface area contributed by atoms with Gasteiger partial charge in [-0.2, -0.15) is 0 Å². The van der Waals surface area contributed by atoms with Crippen molar-refractivity contribution >= 4 is 11.9 Å². The molecule has 0 saturated heterocycles. The molecule has 6 heteroatoms. The summed E-state index contributed by atoms with van der Waals surface area (Å²) in [5.41, 5.74) is 0. The van der Waals surface area contributed by atoms with E-state index in [1.165, 1.54) is 0 Å². The standard InChI is InChI=1S/C15H30N2O4/c1-3-12-20-14(18)6-10-16-8-5-9-17-11-7-15(19)21-13-4-2/h16-17H,3-13H2,1-2H3. The molecular weight excluding hydrogens is 272 g/mol. The molecule has 6 nitrogen and oxygen atoms in total. The lowest BCUT2D eigenvalue weighted by Crippen LogP contribution is -2.25. The van der Waals surface area contributed by atoms with Gasteiger partial charge in [0, 0.05) is 13.1 Å². The zero-order valence-corrected chi connectivity index (χ0v) is 13.4. The first-order valence-corrected chi connectivity index (χ1v) is 7.93. The van der Waals surface area contributed by atoms with Crippen LogP contribution in [-0.4, -0.2) is 51.3 Å². The maximum atomic E-state index is 11.2. The van der Waals surface area contributed by atoms with Crippen LogP contribution in [0.15, 0.2) is 0 Å². The van der Waals surface area contributed by atoms with Crippen LogP contribution in [0.5, 0.6) is 0 Å². The minimum atomic E-state index is -0.145. The van der Waals surface area contributed by atoms with Gasteiger partial charge < -0.3 is 20.1 Å². The van der Waals surface area contributed by atoms with Gasteiger partial charge in [-0.1, -0.05) is 13.8 Å². The van der Waals surface area contributed by atoms with Crippen molar-refractivity contribution in [3.63, 3.8) is 0 Å². The van der Waals surface area contributed by atoms with Crippen LogP contribution >= 0.6 is 0 Å². The zero-order valence-electron chi connectivity index (χ0n) is 13.4. The number of rotatable bonds is 14. The summed E-state index contributed by atoms with van der Waals surface area (Å²) in [6, 6.07) is 0. The van der Waals surface area contributed by atoms with E-state index in [1.54, 1.807) is 0 Å². The highest BCUT2D eigenvalue weighted by Gasteiger charge is 2.02. The Bertz CT molecular complexity index is 246. The van der Waals surface area contributed by atoms with Crippen LogP contribution in [0, 0.1) is 0 Å². The molecule has 0 radical (unpaired) electrons. The summed E-state index contributed by atoms with van der Waals surface area (Å²) in [6.07, 6.45) is 3.50. The van der Waals surface area contributed by atoms with E-state index in [1.807, 2.05) is 13.8 Å². The van der Waals surface area contributed by atoms with Gasteiger partial charge in [-0.15, -0.1) is 0 Å². The molecule has 0 aliphatic rings. The summed E-state index contributed by atoms with van der Waals surface area (Å²) in [7, 11) is 0. The Morgan fingerprint density at radius 2 is 1.19 bits per heavy atom. The summed E-state index contributed by atoms with van der Waals surface area (Å²) in [5.74, 6) is -0.291. The van der Waals surface area contributed by atoms with Crippen molar-refractivity contribution in [2.24, 2.45) is 0 Å². The minimum absolute atomic E-state index is 0.145. The quantitative estimate of drug-likeness (QED) is 0.371. The van der Waals surface area contributed by atoms with Gasteiger partial charge in [0.25, 0.3) is 0 Å². The first-order chi connectivity index (χ1) is 10.2. The topological polar surface area (TPSA) is 76.7 Å². The SMILES string of the molecule is CCCOC(=O)CCNCCCNCCC(=O)OCCC. The molecule has 0 atom stereocenters. The monoisotopic (exact) mass is 302 g/mol. The normalized spacial score (nSPS) is 10.4. The fraction of sp³-hybridized carbons (Fsp3) is 0.867. The predicted octanol–water partition coefficient (Wildman–Crippen LogP) is 1.24. The molecule has 0 aromatic heterocycles. The van der Waals surface area contributed by atoms with Gasteiger partial charge in [0.1, 0.15) is 0 Å². The van der Waals surface area contributed by atoms with Crippen molar-refractivity contribution in [3.8, 4) is 0 Å². The third kappa shape index (κ3) is 15.1. The molecule has 0 fully saturated rings. The molecular formula is C15H30N2O4. The summed E-state index contributed by atoms with van der Waals surface area (Å²) in [5, 5.41) is 6.38. The van der Waals surface area contributed by atoms with Crippen LogP contribution in [0.2, 0.25) is 0 Å². The number of esters is 2. The second-order valence-electron chi connectivity index (χ2n) is 4.79. The smallest absolute Gasteiger partial charge is 0.307 e. The zero-order chi connectivity index (χ0) is 15.8. The van der Waals surface area contributed by atoms with Gasteiger partial charge in [-0.3, -0.25) is 9.59 Å². The molecule has 0 heterocycles. The highest BCUT2D eigenvalue weighted by atomic mass is 16.5. The Labute approximate surface area is 127 Å². The molecule has 0 aliphatic heterocycles. The van der Waals surface area contributed by atoms with Crippen molar-refractivity contribution in [1.29, 1.82) is 0 Å². The molecule has 21 heavy (non-hydrogen) atoms.